The highest BCUT2D eigenvalue weighted by atomic mass is 17.2. The summed E-state index contributed by atoms with van der Waals surface area (Å²) in [5.41, 5.74) is 2.42. The van der Waals surface area contributed by atoms with Crippen LogP contribution < -0.4 is 0 Å². The second kappa shape index (κ2) is 7.98. The average Bonchev–Trinajstić information content (AvgIpc) is 3.17. The molecule has 138 valence electrons. The highest BCUT2D eigenvalue weighted by Crippen LogP contribution is 2.36. The van der Waals surface area contributed by atoms with Crippen LogP contribution in [0.2, 0.25) is 0 Å². The Morgan fingerprint density at radius 1 is 1.12 bits per heavy atom. The van der Waals surface area contributed by atoms with Gasteiger partial charge in [-0.05, 0) is 29.4 Å². The third kappa shape index (κ3) is 4.90. The lowest BCUT2D eigenvalue weighted by Gasteiger charge is -2.29. The number of aliphatic hydroxyl groups excluding tert-OH is 1. The molecule has 5 nitrogen and oxygen atoms in total. The standard InChI is InChI=1S/C20H28O5/c1-4-6-16-11-18(24-22-16)20(2,3)13-15-8-5-7-14(9-15)10-17-12-19(21)25-23-17/h4-5,7-9,16-19,21H,1,6,10-13H2,2-3H3/t16?,17-,18?,19-/m1/s1. The second-order valence-corrected chi connectivity index (χ2v) is 7.76. The minimum atomic E-state index is -0.810. The summed E-state index contributed by atoms with van der Waals surface area (Å²) in [5.74, 6) is 0. The summed E-state index contributed by atoms with van der Waals surface area (Å²) in [7, 11) is 0. The van der Waals surface area contributed by atoms with Gasteiger partial charge in [-0.2, -0.15) is 0 Å². The molecule has 2 unspecified atom stereocenters. The molecule has 2 aliphatic rings. The van der Waals surface area contributed by atoms with E-state index in [-0.39, 0.29) is 23.7 Å². The summed E-state index contributed by atoms with van der Waals surface area (Å²) in [4.78, 5) is 20.9. The van der Waals surface area contributed by atoms with Gasteiger partial charge in [0.1, 0.15) is 12.2 Å². The fourth-order valence-electron chi connectivity index (χ4n) is 3.57. The Labute approximate surface area is 149 Å². The van der Waals surface area contributed by atoms with E-state index in [0.717, 1.165) is 25.7 Å². The Hall–Kier alpha value is -1.24. The van der Waals surface area contributed by atoms with E-state index in [0.29, 0.717) is 6.42 Å². The van der Waals surface area contributed by atoms with Crippen LogP contribution in [0.1, 0.15) is 44.2 Å². The van der Waals surface area contributed by atoms with E-state index in [1.54, 1.807) is 0 Å². The minimum absolute atomic E-state index is 0.0301. The van der Waals surface area contributed by atoms with Gasteiger partial charge >= 0.3 is 0 Å². The van der Waals surface area contributed by atoms with E-state index in [2.05, 4.69) is 44.7 Å². The first kappa shape index (κ1) is 18.5. The lowest BCUT2D eigenvalue weighted by molar-refractivity contribution is -0.332. The van der Waals surface area contributed by atoms with Crippen molar-refractivity contribution in [2.24, 2.45) is 5.41 Å². The third-order valence-electron chi connectivity index (χ3n) is 4.97. The van der Waals surface area contributed by atoms with Gasteiger partial charge < -0.3 is 5.11 Å². The van der Waals surface area contributed by atoms with E-state index in [9.17, 15) is 5.11 Å². The number of rotatable bonds is 7. The number of hydrogen-bond donors (Lipinski definition) is 1. The highest BCUT2D eigenvalue weighted by Gasteiger charge is 2.38. The minimum Gasteiger partial charge on any atom is -0.366 e. The molecule has 0 amide bonds. The van der Waals surface area contributed by atoms with Crippen molar-refractivity contribution in [3.8, 4) is 0 Å². The summed E-state index contributed by atoms with van der Waals surface area (Å²) in [6, 6.07) is 8.50. The van der Waals surface area contributed by atoms with E-state index >= 15 is 0 Å². The molecule has 3 rings (SSSR count). The summed E-state index contributed by atoms with van der Waals surface area (Å²) < 4.78 is 0. The molecule has 2 aliphatic heterocycles. The molecule has 0 aliphatic carbocycles. The van der Waals surface area contributed by atoms with Gasteiger partial charge in [-0.1, -0.05) is 44.2 Å². The zero-order chi connectivity index (χ0) is 17.9. The van der Waals surface area contributed by atoms with Gasteiger partial charge in [-0.3, -0.25) is 0 Å². The molecule has 0 aromatic heterocycles. The molecule has 1 aromatic rings. The molecule has 4 atom stereocenters. The third-order valence-corrected chi connectivity index (χ3v) is 4.97. The predicted molar refractivity (Wildman–Crippen MR) is 93.4 cm³/mol. The molecule has 1 N–H and O–H groups in total. The number of aliphatic hydroxyl groups is 1. The van der Waals surface area contributed by atoms with Crippen LogP contribution in [0.15, 0.2) is 36.9 Å². The quantitative estimate of drug-likeness (QED) is 0.604. The molecule has 0 bridgehead atoms. The molecule has 2 saturated heterocycles. The number of hydrogen-bond acceptors (Lipinski definition) is 5. The van der Waals surface area contributed by atoms with Crippen LogP contribution in [-0.4, -0.2) is 29.7 Å². The Morgan fingerprint density at radius 3 is 2.60 bits per heavy atom. The first-order chi connectivity index (χ1) is 12.0. The van der Waals surface area contributed by atoms with Crippen molar-refractivity contribution < 1.29 is 24.7 Å². The van der Waals surface area contributed by atoms with Crippen LogP contribution >= 0.6 is 0 Å². The molecule has 1 aromatic carbocycles. The zero-order valence-electron chi connectivity index (χ0n) is 15.0. The van der Waals surface area contributed by atoms with Crippen LogP contribution in [0.25, 0.3) is 0 Å². The largest absolute Gasteiger partial charge is 0.366 e. The molecule has 0 spiro atoms. The Kier molecular flexibility index (Phi) is 5.92. The maximum atomic E-state index is 9.39. The van der Waals surface area contributed by atoms with Crippen molar-refractivity contribution in [2.75, 3.05) is 0 Å². The lowest BCUT2D eigenvalue weighted by atomic mass is 9.78. The molecular formula is C20H28O5. The fourth-order valence-corrected chi connectivity index (χ4v) is 3.57. The van der Waals surface area contributed by atoms with Gasteiger partial charge in [-0.15, -0.1) is 6.58 Å². The first-order valence-electron chi connectivity index (χ1n) is 8.97. The van der Waals surface area contributed by atoms with Crippen molar-refractivity contribution in [1.82, 2.24) is 0 Å². The van der Waals surface area contributed by atoms with E-state index < -0.39 is 6.29 Å². The summed E-state index contributed by atoms with van der Waals surface area (Å²) in [5, 5.41) is 9.39. The predicted octanol–water partition coefficient (Wildman–Crippen LogP) is 3.50. The average molecular weight is 348 g/mol. The van der Waals surface area contributed by atoms with Gasteiger partial charge in [0.25, 0.3) is 0 Å². The van der Waals surface area contributed by atoms with Crippen LogP contribution in [0.3, 0.4) is 0 Å². The molecule has 2 heterocycles. The second-order valence-electron chi connectivity index (χ2n) is 7.76. The monoisotopic (exact) mass is 348 g/mol. The molecule has 0 radical (unpaired) electrons. The van der Waals surface area contributed by atoms with Gasteiger partial charge in [0.2, 0.25) is 0 Å². The van der Waals surface area contributed by atoms with Crippen LogP contribution in [-0.2, 0) is 32.4 Å². The van der Waals surface area contributed by atoms with Gasteiger partial charge in [0.15, 0.2) is 6.29 Å². The molecule has 0 saturated carbocycles. The lowest BCUT2D eigenvalue weighted by Crippen LogP contribution is -2.31. The normalized spacial score (nSPS) is 29.9. The van der Waals surface area contributed by atoms with E-state index in [1.807, 2.05) is 6.08 Å². The van der Waals surface area contributed by atoms with Crippen molar-refractivity contribution in [3.05, 3.63) is 48.0 Å². The van der Waals surface area contributed by atoms with E-state index in [4.69, 9.17) is 19.6 Å². The maximum absolute atomic E-state index is 9.39. The molecule has 5 heteroatoms. The summed E-state index contributed by atoms with van der Waals surface area (Å²) in [6.07, 6.45) is 5.00. The zero-order valence-corrected chi connectivity index (χ0v) is 15.0. The van der Waals surface area contributed by atoms with Crippen LogP contribution in [0.5, 0.6) is 0 Å². The van der Waals surface area contributed by atoms with Crippen molar-refractivity contribution in [2.45, 2.75) is 70.6 Å². The van der Waals surface area contributed by atoms with Gasteiger partial charge in [-0.25, -0.2) is 19.6 Å². The van der Waals surface area contributed by atoms with Crippen LogP contribution in [0.4, 0.5) is 0 Å². The van der Waals surface area contributed by atoms with Crippen molar-refractivity contribution >= 4 is 0 Å². The molecule has 25 heavy (non-hydrogen) atoms. The Morgan fingerprint density at radius 2 is 1.88 bits per heavy atom. The summed E-state index contributed by atoms with van der Waals surface area (Å²) in [6.45, 7) is 8.20. The van der Waals surface area contributed by atoms with Crippen molar-refractivity contribution in [3.63, 3.8) is 0 Å². The maximum Gasteiger partial charge on any atom is 0.191 e. The first-order valence-corrected chi connectivity index (χ1v) is 8.97. The molecular weight excluding hydrogens is 320 g/mol. The van der Waals surface area contributed by atoms with Crippen LogP contribution in [0, 0.1) is 5.41 Å². The van der Waals surface area contributed by atoms with Gasteiger partial charge in [0.05, 0.1) is 6.10 Å². The topological polar surface area (TPSA) is 57.2 Å². The van der Waals surface area contributed by atoms with Gasteiger partial charge in [0, 0.05) is 19.3 Å². The Bertz CT molecular complexity index is 585. The molecule has 2 fully saturated rings. The Balaban J connectivity index is 1.60. The summed E-state index contributed by atoms with van der Waals surface area (Å²) >= 11 is 0. The highest BCUT2D eigenvalue weighted by molar-refractivity contribution is 5.25. The number of benzene rings is 1. The van der Waals surface area contributed by atoms with Crippen molar-refractivity contribution in [1.29, 1.82) is 0 Å². The SMILES string of the molecule is C=CCC1CC(C(C)(C)Cc2cccc(C[C@@H]3C[C@H](O)OO3)c2)OO1. The smallest absolute Gasteiger partial charge is 0.191 e. The van der Waals surface area contributed by atoms with E-state index in [1.165, 1.54) is 11.1 Å². The fraction of sp³-hybridized carbons (Fsp3) is 0.600.